The van der Waals surface area contributed by atoms with E-state index in [2.05, 4.69) is 10.6 Å². The Kier molecular flexibility index (Phi) is 5.74. The zero-order valence-corrected chi connectivity index (χ0v) is 10.1. The van der Waals surface area contributed by atoms with E-state index in [1.54, 1.807) is 18.2 Å². The van der Waals surface area contributed by atoms with E-state index in [-0.39, 0.29) is 18.8 Å². The smallest absolute Gasteiger partial charge is 0.328 e. The lowest BCUT2D eigenvalue weighted by Gasteiger charge is -2.12. The van der Waals surface area contributed by atoms with Crippen LogP contribution >= 0.6 is 0 Å². The predicted molar refractivity (Wildman–Crippen MR) is 65.1 cm³/mol. The molecule has 0 aliphatic rings. The van der Waals surface area contributed by atoms with Crippen LogP contribution in [0.15, 0.2) is 24.3 Å². The molecule has 19 heavy (non-hydrogen) atoms. The van der Waals surface area contributed by atoms with Gasteiger partial charge in [-0.05, 0) is 18.1 Å². The number of carboxylic acids is 1. The maximum atomic E-state index is 13.2. The Morgan fingerprint density at radius 1 is 1.32 bits per heavy atom. The van der Waals surface area contributed by atoms with Crippen LogP contribution in [0.4, 0.5) is 9.18 Å². The van der Waals surface area contributed by atoms with Crippen molar-refractivity contribution in [1.29, 1.82) is 0 Å². The first-order valence-electron chi connectivity index (χ1n) is 5.66. The van der Waals surface area contributed by atoms with Gasteiger partial charge in [0.2, 0.25) is 0 Å². The van der Waals surface area contributed by atoms with E-state index in [1.165, 1.54) is 6.07 Å². The Balaban J connectivity index is 2.35. The van der Waals surface area contributed by atoms with Crippen LogP contribution in [0.25, 0.3) is 0 Å². The summed E-state index contributed by atoms with van der Waals surface area (Å²) in [7, 11) is 0. The maximum absolute atomic E-state index is 13.2. The Morgan fingerprint density at radius 3 is 2.58 bits per heavy atom. The fourth-order valence-corrected chi connectivity index (χ4v) is 1.41. The molecule has 0 heterocycles. The van der Waals surface area contributed by atoms with Crippen LogP contribution in [-0.2, 0) is 11.2 Å². The number of halogens is 1. The van der Waals surface area contributed by atoms with Crippen LogP contribution in [0.5, 0.6) is 0 Å². The average Bonchev–Trinajstić information content (AvgIpc) is 2.38. The van der Waals surface area contributed by atoms with Crippen LogP contribution in [0.2, 0.25) is 0 Å². The number of benzene rings is 1. The summed E-state index contributed by atoms with van der Waals surface area (Å²) in [6.45, 7) is -0.541. The van der Waals surface area contributed by atoms with Crippen LogP contribution in [0, 0.1) is 5.82 Å². The number of carbonyl (C=O) groups excluding carboxylic acids is 1. The van der Waals surface area contributed by atoms with Crippen LogP contribution in [0.1, 0.15) is 5.56 Å². The summed E-state index contributed by atoms with van der Waals surface area (Å²) >= 11 is 0. The molecule has 0 unspecified atom stereocenters. The highest BCUT2D eigenvalue weighted by Crippen LogP contribution is 2.05. The lowest BCUT2D eigenvalue weighted by molar-refractivity contribution is -0.140. The molecule has 0 saturated heterocycles. The summed E-state index contributed by atoms with van der Waals surface area (Å²) < 4.78 is 13.2. The molecule has 0 aromatic heterocycles. The predicted octanol–water partition coefficient (Wildman–Crippen LogP) is 0.113. The zero-order valence-electron chi connectivity index (χ0n) is 10.1. The SMILES string of the molecule is O=C(NCCc1ccccc1F)N[C@H](CO)C(=O)O. The number of urea groups is 1. The van der Waals surface area contributed by atoms with Crippen molar-refractivity contribution < 1.29 is 24.2 Å². The molecule has 1 aromatic carbocycles. The number of carbonyl (C=O) groups is 2. The zero-order chi connectivity index (χ0) is 14.3. The highest BCUT2D eigenvalue weighted by Gasteiger charge is 2.18. The van der Waals surface area contributed by atoms with Crippen molar-refractivity contribution >= 4 is 12.0 Å². The summed E-state index contributed by atoms with van der Waals surface area (Å²) in [6, 6.07) is 4.10. The lowest BCUT2D eigenvalue weighted by atomic mass is 10.1. The number of nitrogens with one attached hydrogen (secondary N) is 2. The molecule has 4 N–H and O–H groups in total. The van der Waals surface area contributed by atoms with Crippen molar-refractivity contribution in [3.63, 3.8) is 0 Å². The van der Waals surface area contributed by atoms with E-state index in [0.29, 0.717) is 5.56 Å². The highest BCUT2D eigenvalue weighted by molar-refractivity contribution is 5.82. The molecule has 0 radical (unpaired) electrons. The third kappa shape index (κ3) is 4.92. The minimum Gasteiger partial charge on any atom is -0.480 e. The number of aliphatic hydroxyl groups excluding tert-OH is 1. The van der Waals surface area contributed by atoms with Gasteiger partial charge in [0, 0.05) is 6.54 Å². The molecule has 1 rings (SSSR count). The third-order valence-electron chi connectivity index (χ3n) is 2.42. The molecule has 1 atom stereocenters. The van der Waals surface area contributed by atoms with E-state index in [0.717, 1.165) is 0 Å². The van der Waals surface area contributed by atoms with Gasteiger partial charge < -0.3 is 20.8 Å². The van der Waals surface area contributed by atoms with E-state index in [4.69, 9.17) is 10.2 Å². The Hall–Kier alpha value is -2.15. The minimum absolute atomic E-state index is 0.157. The molecular weight excluding hydrogens is 255 g/mol. The molecule has 1 aromatic rings. The lowest BCUT2D eigenvalue weighted by Crippen LogP contribution is -2.48. The Labute approximate surface area is 109 Å². The van der Waals surface area contributed by atoms with E-state index >= 15 is 0 Å². The second-order valence-corrected chi connectivity index (χ2v) is 3.82. The van der Waals surface area contributed by atoms with Gasteiger partial charge in [0.25, 0.3) is 0 Å². The fraction of sp³-hybridized carbons (Fsp3) is 0.333. The van der Waals surface area contributed by atoms with Crippen molar-refractivity contribution in [3.8, 4) is 0 Å². The monoisotopic (exact) mass is 270 g/mol. The van der Waals surface area contributed by atoms with Crippen molar-refractivity contribution in [2.75, 3.05) is 13.2 Å². The average molecular weight is 270 g/mol. The second-order valence-electron chi connectivity index (χ2n) is 3.82. The first kappa shape index (κ1) is 14.9. The number of hydrogen-bond acceptors (Lipinski definition) is 3. The van der Waals surface area contributed by atoms with Crippen molar-refractivity contribution in [2.45, 2.75) is 12.5 Å². The molecule has 2 amide bonds. The summed E-state index contributed by atoms with van der Waals surface area (Å²) in [4.78, 5) is 21.9. The van der Waals surface area contributed by atoms with Crippen LogP contribution in [0.3, 0.4) is 0 Å². The topological polar surface area (TPSA) is 98.7 Å². The van der Waals surface area contributed by atoms with Gasteiger partial charge in [0.1, 0.15) is 5.82 Å². The minimum atomic E-state index is -1.35. The normalized spacial score (nSPS) is 11.7. The number of hydrogen-bond donors (Lipinski definition) is 4. The quantitative estimate of drug-likeness (QED) is 0.589. The molecule has 6 nitrogen and oxygen atoms in total. The number of aliphatic hydroxyl groups is 1. The summed E-state index contributed by atoms with van der Waals surface area (Å²) in [5.74, 6) is -1.68. The summed E-state index contributed by atoms with van der Waals surface area (Å²) in [5.41, 5.74) is 0.458. The van der Waals surface area contributed by atoms with E-state index < -0.39 is 24.6 Å². The number of rotatable bonds is 6. The molecular formula is C12H15FN2O4. The number of amides is 2. The molecule has 0 aliphatic carbocycles. The van der Waals surface area contributed by atoms with Gasteiger partial charge in [-0.1, -0.05) is 18.2 Å². The van der Waals surface area contributed by atoms with E-state index in [1.807, 2.05) is 0 Å². The molecule has 0 spiro atoms. The summed E-state index contributed by atoms with van der Waals surface area (Å²) in [6.07, 6.45) is 0.289. The Bertz CT molecular complexity index is 453. The molecule has 0 bridgehead atoms. The van der Waals surface area contributed by atoms with Gasteiger partial charge in [0.15, 0.2) is 6.04 Å². The molecule has 0 saturated carbocycles. The molecule has 104 valence electrons. The standard InChI is InChI=1S/C12H15FN2O4/c13-9-4-2-1-3-8(9)5-6-14-12(19)15-10(7-16)11(17)18/h1-4,10,16H,5-7H2,(H,17,18)(H2,14,15,19)/t10-/m1/s1. The molecule has 0 aliphatic heterocycles. The summed E-state index contributed by atoms with van der Waals surface area (Å²) in [5, 5.41) is 21.8. The van der Waals surface area contributed by atoms with Crippen molar-refractivity contribution in [1.82, 2.24) is 10.6 Å². The van der Waals surface area contributed by atoms with Gasteiger partial charge in [0.05, 0.1) is 6.61 Å². The Morgan fingerprint density at radius 2 is 2.00 bits per heavy atom. The van der Waals surface area contributed by atoms with Crippen LogP contribution in [-0.4, -0.2) is 41.4 Å². The highest BCUT2D eigenvalue weighted by atomic mass is 19.1. The largest absolute Gasteiger partial charge is 0.480 e. The third-order valence-corrected chi connectivity index (χ3v) is 2.42. The fourth-order valence-electron chi connectivity index (χ4n) is 1.41. The molecule has 7 heteroatoms. The maximum Gasteiger partial charge on any atom is 0.328 e. The van der Waals surface area contributed by atoms with Gasteiger partial charge in [-0.3, -0.25) is 0 Å². The van der Waals surface area contributed by atoms with Gasteiger partial charge in [-0.25, -0.2) is 14.0 Å². The first-order chi connectivity index (χ1) is 9.04. The van der Waals surface area contributed by atoms with Crippen molar-refractivity contribution in [3.05, 3.63) is 35.6 Å². The number of aliphatic carboxylic acids is 1. The molecule has 0 fully saturated rings. The van der Waals surface area contributed by atoms with Gasteiger partial charge >= 0.3 is 12.0 Å². The van der Waals surface area contributed by atoms with Crippen LogP contribution < -0.4 is 10.6 Å². The van der Waals surface area contributed by atoms with E-state index in [9.17, 15) is 14.0 Å². The second kappa shape index (κ2) is 7.32. The first-order valence-corrected chi connectivity index (χ1v) is 5.66. The number of carboxylic acid groups (broad SMARTS) is 1. The van der Waals surface area contributed by atoms with Gasteiger partial charge in [-0.2, -0.15) is 0 Å². The van der Waals surface area contributed by atoms with Crippen molar-refractivity contribution in [2.24, 2.45) is 0 Å². The van der Waals surface area contributed by atoms with Gasteiger partial charge in [-0.15, -0.1) is 0 Å².